The summed E-state index contributed by atoms with van der Waals surface area (Å²) in [5.41, 5.74) is 0.322. The first-order valence-electron chi connectivity index (χ1n) is 6.83. The Kier molecular flexibility index (Phi) is 4.20. The second-order valence-corrected chi connectivity index (χ2v) is 5.23. The molecule has 104 valence electrons. The van der Waals surface area contributed by atoms with Crippen LogP contribution in [0.4, 0.5) is 10.1 Å². The lowest BCUT2D eigenvalue weighted by Gasteiger charge is -2.38. The minimum Gasteiger partial charge on any atom is -0.317 e. The SMILES string of the molecule is CCC1(C(=O)N(C)c2cccc(F)c2)CCNCC1. The monoisotopic (exact) mass is 264 g/mol. The number of anilines is 1. The summed E-state index contributed by atoms with van der Waals surface area (Å²) in [6, 6.07) is 6.20. The molecule has 1 aliphatic heterocycles. The summed E-state index contributed by atoms with van der Waals surface area (Å²) in [6.45, 7) is 3.80. The molecule has 1 N–H and O–H groups in total. The van der Waals surface area contributed by atoms with Crippen LogP contribution in [0.3, 0.4) is 0 Å². The lowest BCUT2D eigenvalue weighted by Crippen LogP contribution is -2.48. The van der Waals surface area contributed by atoms with E-state index in [-0.39, 0.29) is 17.1 Å². The first-order chi connectivity index (χ1) is 9.09. The van der Waals surface area contributed by atoms with Crippen molar-refractivity contribution < 1.29 is 9.18 Å². The molecule has 0 saturated carbocycles. The second-order valence-electron chi connectivity index (χ2n) is 5.23. The van der Waals surface area contributed by atoms with Gasteiger partial charge in [-0.2, -0.15) is 0 Å². The Hall–Kier alpha value is -1.42. The first-order valence-corrected chi connectivity index (χ1v) is 6.83. The average molecular weight is 264 g/mol. The van der Waals surface area contributed by atoms with Crippen molar-refractivity contribution in [2.75, 3.05) is 25.0 Å². The second kappa shape index (κ2) is 5.70. The van der Waals surface area contributed by atoms with Crippen LogP contribution in [0.1, 0.15) is 26.2 Å². The number of piperidine rings is 1. The molecule has 1 amide bonds. The zero-order valence-electron chi connectivity index (χ0n) is 11.6. The molecule has 2 rings (SSSR count). The lowest BCUT2D eigenvalue weighted by atomic mass is 9.75. The molecule has 19 heavy (non-hydrogen) atoms. The van der Waals surface area contributed by atoms with Gasteiger partial charge in [0.15, 0.2) is 0 Å². The van der Waals surface area contributed by atoms with Crippen LogP contribution in [-0.2, 0) is 4.79 Å². The van der Waals surface area contributed by atoms with Crippen molar-refractivity contribution in [1.29, 1.82) is 0 Å². The highest BCUT2D eigenvalue weighted by molar-refractivity contribution is 5.97. The normalized spacial score (nSPS) is 18.1. The van der Waals surface area contributed by atoms with E-state index in [1.165, 1.54) is 12.1 Å². The topological polar surface area (TPSA) is 32.3 Å². The van der Waals surface area contributed by atoms with Crippen molar-refractivity contribution in [2.24, 2.45) is 5.41 Å². The molecule has 0 atom stereocenters. The number of carbonyl (C=O) groups excluding carboxylic acids is 1. The van der Waals surface area contributed by atoms with E-state index in [1.807, 2.05) is 0 Å². The summed E-state index contributed by atoms with van der Waals surface area (Å²) in [5, 5.41) is 3.29. The van der Waals surface area contributed by atoms with Gasteiger partial charge in [-0.3, -0.25) is 4.79 Å². The highest BCUT2D eigenvalue weighted by atomic mass is 19.1. The molecule has 0 spiro atoms. The van der Waals surface area contributed by atoms with Crippen LogP contribution < -0.4 is 10.2 Å². The molecule has 0 aliphatic carbocycles. The highest BCUT2D eigenvalue weighted by Crippen LogP contribution is 2.35. The summed E-state index contributed by atoms with van der Waals surface area (Å²) in [6.07, 6.45) is 2.52. The molecule has 0 unspecified atom stereocenters. The molecule has 0 bridgehead atoms. The van der Waals surface area contributed by atoms with Gasteiger partial charge in [-0.25, -0.2) is 4.39 Å². The number of halogens is 1. The predicted octanol–water partition coefficient (Wildman–Crippen LogP) is 2.57. The molecule has 1 heterocycles. The summed E-state index contributed by atoms with van der Waals surface area (Å²) >= 11 is 0. The van der Waals surface area contributed by atoms with Gasteiger partial charge < -0.3 is 10.2 Å². The maximum atomic E-state index is 13.3. The van der Waals surface area contributed by atoms with Gasteiger partial charge in [0.2, 0.25) is 5.91 Å². The Morgan fingerprint density at radius 2 is 2.11 bits per heavy atom. The fraction of sp³-hybridized carbons (Fsp3) is 0.533. The number of rotatable bonds is 3. The van der Waals surface area contributed by atoms with E-state index < -0.39 is 0 Å². The zero-order chi connectivity index (χ0) is 13.9. The Bertz CT molecular complexity index is 455. The number of amides is 1. The van der Waals surface area contributed by atoms with Gasteiger partial charge in [0.1, 0.15) is 5.82 Å². The van der Waals surface area contributed by atoms with Crippen LogP contribution >= 0.6 is 0 Å². The van der Waals surface area contributed by atoms with Gasteiger partial charge in [-0.05, 0) is 50.6 Å². The van der Waals surface area contributed by atoms with E-state index in [0.717, 1.165) is 32.4 Å². The maximum Gasteiger partial charge on any atom is 0.233 e. The fourth-order valence-corrected chi connectivity index (χ4v) is 2.78. The number of benzene rings is 1. The van der Waals surface area contributed by atoms with E-state index >= 15 is 0 Å². The van der Waals surface area contributed by atoms with Gasteiger partial charge in [0.25, 0.3) is 0 Å². The van der Waals surface area contributed by atoms with Crippen LogP contribution in [0, 0.1) is 11.2 Å². The van der Waals surface area contributed by atoms with E-state index in [9.17, 15) is 9.18 Å². The number of hydrogen-bond acceptors (Lipinski definition) is 2. The van der Waals surface area contributed by atoms with E-state index in [0.29, 0.717) is 5.69 Å². The van der Waals surface area contributed by atoms with Crippen LogP contribution in [0.5, 0.6) is 0 Å². The van der Waals surface area contributed by atoms with Crippen LogP contribution in [0.25, 0.3) is 0 Å². The quantitative estimate of drug-likeness (QED) is 0.910. The third-order valence-corrected chi connectivity index (χ3v) is 4.19. The van der Waals surface area contributed by atoms with E-state index in [2.05, 4.69) is 12.2 Å². The van der Waals surface area contributed by atoms with E-state index in [1.54, 1.807) is 24.1 Å². The van der Waals surface area contributed by atoms with Gasteiger partial charge in [0, 0.05) is 12.7 Å². The third kappa shape index (κ3) is 2.78. The largest absolute Gasteiger partial charge is 0.317 e. The predicted molar refractivity (Wildman–Crippen MR) is 74.6 cm³/mol. The summed E-state index contributed by atoms with van der Waals surface area (Å²) < 4.78 is 13.3. The molecule has 0 radical (unpaired) electrons. The molecule has 4 heteroatoms. The molecule has 1 aliphatic rings. The Balaban J connectivity index is 2.22. The van der Waals surface area contributed by atoms with Crippen molar-refractivity contribution in [1.82, 2.24) is 5.32 Å². The van der Waals surface area contributed by atoms with Crippen molar-refractivity contribution in [2.45, 2.75) is 26.2 Å². The number of hydrogen-bond donors (Lipinski definition) is 1. The molecule has 1 fully saturated rings. The standard InChI is InChI=1S/C15H21FN2O/c1-3-15(7-9-17-10-8-15)14(19)18(2)13-6-4-5-12(16)11-13/h4-6,11,17H,3,7-10H2,1-2H3. The summed E-state index contributed by atoms with van der Waals surface area (Å²) in [5.74, 6) is -0.213. The van der Waals surface area contributed by atoms with Crippen molar-refractivity contribution in [3.8, 4) is 0 Å². The molecule has 0 aromatic heterocycles. The maximum absolute atomic E-state index is 13.3. The van der Waals surface area contributed by atoms with Gasteiger partial charge in [-0.1, -0.05) is 13.0 Å². The Morgan fingerprint density at radius 1 is 1.42 bits per heavy atom. The minimum atomic E-state index is -0.312. The molecule has 1 aromatic carbocycles. The van der Waals surface area contributed by atoms with Crippen molar-refractivity contribution in [3.63, 3.8) is 0 Å². The smallest absolute Gasteiger partial charge is 0.233 e. The lowest BCUT2D eigenvalue weighted by molar-refractivity contribution is -0.129. The third-order valence-electron chi connectivity index (χ3n) is 4.19. The van der Waals surface area contributed by atoms with Crippen LogP contribution in [-0.4, -0.2) is 26.0 Å². The first kappa shape index (κ1) is 14.0. The number of nitrogens with one attached hydrogen (secondary N) is 1. The number of carbonyl (C=O) groups is 1. The summed E-state index contributed by atoms with van der Waals surface area (Å²) in [7, 11) is 1.73. The zero-order valence-corrected chi connectivity index (χ0v) is 11.6. The molecular formula is C15H21FN2O. The molecule has 1 saturated heterocycles. The highest BCUT2D eigenvalue weighted by Gasteiger charge is 2.39. The molecular weight excluding hydrogens is 243 g/mol. The van der Waals surface area contributed by atoms with Crippen LogP contribution in [0.15, 0.2) is 24.3 Å². The van der Waals surface area contributed by atoms with Crippen LogP contribution in [0.2, 0.25) is 0 Å². The van der Waals surface area contributed by atoms with Gasteiger partial charge in [-0.15, -0.1) is 0 Å². The minimum absolute atomic E-state index is 0.0992. The van der Waals surface area contributed by atoms with E-state index in [4.69, 9.17) is 0 Å². The van der Waals surface area contributed by atoms with Crippen molar-refractivity contribution >= 4 is 11.6 Å². The van der Waals surface area contributed by atoms with Crippen molar-refractivity contribution in [3.05, 3.63) is 30.1 Å². The molecule has 3 nitrogen and oxygen atoms in total. The number of nitrogens with zero attached hydrogens (tertiary/aromatic N) is 1. The fourth-order valence-electron chi connectivity index (χ4n) is 2.78. The average Bonchev–Trinajstić information content (AvgIpc) is 2.46. The Morgan fingerprint density at radius 3 is 2.68 bits per heavy atom. The summed E-state index contributed by atoms with van der Waals surface area (Å²) in [4.78, 5) is 14.3. The van der Waals surface area contributed by atoms with Gasteiger partial charge in [0.05, 0.1) is 5.41 Å². The molecule has 1 aromatic rings. The van der Waals surface area contributed by atoms with Gasteiger partial charge >= 0.3 is 0 Å². The Labute approximate surface area is 113 Å².